The van der Waals surface area contributed by atoms with Crippen LogP contribution < -0.4 is 0 Å². The van der Waals surface area contributed by atoms with E-state index in [0.29, 0.717) is 28.5 Å². The zero-order chi connectivity index (χ0) is 22.3. The summed E-state index contributed by atoms with van der Waals surface area (Å²) in [5.74, 6) is 2.26. The minimum atomic E-state index is -1.93. The average Bonchev–Trinajstić information content (AvgIpc) is 3.08. The van der Waals surface area contributed by atoms with Crippen molar-refractivity contribution >= 4 is 19.2 Å². The maximum absolute atomic E-state index is 7.15. The Balaban J connectivity index is 2.07. The third-order valence-electron chi connectivity index (χ3n) is 7.61. The van der Waals surface area contributed by atoms with Gasteiger partial charge < -0.3 is 9.41 Å². The Hall–Kier alpha value is -1.48. The van der Waals surface area contributed by atoms with E-state index >= 15 is 0 Å². The van der Waals surface area contributed by atoms with Gasteiger partial charge in [-0.3, -0.25) is 0 Å². The van der Waals surface area contributed by atoms with Crippen molar-refractivity contribution < 1.29 is 4.43 Å². The van der Waals surface area contributed by atoms with Crippen LogP contribution in [0.25, 0.3) is 10.9 Å². The summed E-state index contributed by atoms with van der Waals surface area (Å²) in [4.78, 5) is 3.51. The fraction of sp³-hybridized carbons (Fsp3) is 0.630. The van der Waals surface area contributed by atoms with Crippen LogP contribution in [0.4, 0.5) is 0 Å². The van der Waals surface area contributed by atoms with E-state index in [2.05, 4.69) is 104 Å². The Morgan fingerprint density at radius 1 is 0.967 bits per heavy atom. The zero-order valence-electron chi connectivity index (χ0n) is 20.7. The predicted molar refractivity (Wildman–Crippen MR) is 133 cm³/mol. The maximum Gasteiger partial charge on any atom is 0.258 e. The summed E-state index contributed by atoms with van der Waals surface area (Å²) in [6.45, 7) is 21.5. The van der Waals surface area contributed by atoms with E-state index < -0.39 is 8.32 Å². The number of nitrogens with one attached hydrogen (secondary N) is 1. The van der Waals surface area contributed by atoms with Crippen molar-refractivity contribution in [2.45, 2.75) is 97.7 Å². The van der Waals surface area contributed by atoms with Crippen LogP contribution in [0.15, 0.2) is 42.3 Å². The number of hydrogen-bond donors (Lipinski definition) is 1. The van der Waals surface area contributed by atoms with E-state index in [9.17, 15) is 0 Å². The third-order valence-corrected chi connectivity index (χ3v) is 13.6. The molecule has 0 amide bonds. The molecule has 2 aromatic rings. The van der Waals surface area contributed by atoms with Crippen LogP contribution in [0.5, 0.6) is 0 Å². The summed E-state index contributed by atoms with van der Waals surface area (Å²) in [5, 5.41) is 1.36. The highest BCUT2D eigenvalue weighted by Gasteiger charge is 2.48. The number of allylic oxidation sites excluding steroid dienone is 2. The van der Waals surface area contributed by atoms with E-state index in [0.717, 1.165) is 6.42 Å². The van der Waals surface area contributed by atoms with Gasteiger partial charge in [-0.2, -0.15) is 0 Å². The minimum Gasteiger partial charge on any atom is -0.546 e. The number of aromatic amines is 1. The molecule has 1 aliphatic rings. The van der Waals surface area contributed by atoms with Gasteiger partial charge in [-0.15, -0.1) is 0 Å². The number of H-pyrrole nitrogens is 1. The molecule has 3 rings (SSSR count). The summed E-state index contributed by atoms with van der Waals surface area (Å²) in [5.41, 5.74) is 4.73. The largest absolute Gasteiger partial charge is 0.546 e. The molecule has 1 aromatic heterocycles. The van der Waals surface area contributed by atoms with E-state index in [1.165, 1.54) is 28.6 Å². The first-order valence-corrected chi connectivity index (χ1v) is 14.1. The second-order valence-corrected chi connectivity index (χ2v) is 16.8. The second-order valence-electron chi connectivity index (χ2n) is 11.4. The van der Waals surface area contributed by atoms with Crippen molar-refractivity contribution in [3.63, 3.8) is 0 Å². The molecule has 1 aromatic carbocycles. The predicted octanol–water partition coefficient (Wildman–Crippen LogP) is 8.78. The molecular formula is C27H43NOSi. The molecule has 0 aliphatic heterocycles. The zero-order valence-corrected chi connectivity index (χ0v) is 21.7. The second kappa shape index (κ2) is 8.57. The Kier molecular flexibility index (Phi) is 6.62. The lowest BCUT2D eigenvalue weighted by Crippen LogP contribution is -2.48. The molecule has 0 saturated carbocycles. The summed E-state index contributed by atoms with van der Waals surface area (Å²) < 4.78 is 7.15. The van der Waals surface area contributed by atoms with Gasteiger partial charge >= 0.3 is 0 Å². The van der Waals surface area contributed by atoms with Crippen LogP contribution in [0.2, 0.25) is 16.6 Å². The SMILES string of the molecule is CC(C)[Si](OC1=C[C@H](c2c[nH]c3ccccc23)C(C(C)(C)C)CC1)(C(C)C)C(C)C. The Morgan fingerprint density at radius 2 is 1.57 bits per heavy atom. The van der Waals surface area contributed by atoms with Gasteiger partial charge in [0.25, 0.3) is 8.32 Å². The fourth-order valence-corrected chi connectivity index (χ4v) is 11.5. The van der Waals surface area contributed by atoms with Gasteiger partial charge in [0, 0.05) is 29.4 Å². The Bertz CT molecular complexity index is 862. The monoisotopic (exact) mass is 425 g/mol. The highest BCUT2D eigenvalue weighted by Crippen LogP contribution is 2.50. The molecule has 30 heavy (non-hydrogen) atoms. The first-order valence-electron chi connectivity index (χ1n) is 11.9. The quantitative estimate of drug-likeness (QED) is 0.459. The summed E-state index contributed by atoms with van der Waals surface area (Å²) in [7, 11) is -1.93. The van der Waals surface area contributed by atoms with Crippen molar-refractivity contribution in [3.8, 4) is 0 Å². The molecule has 2 nitrogen and oxygen atoms in total. The molecule has 1 N–H and O–H groups in total. The Morgan fingerprint density at radius 3 is 2.13 bits per heavy atom. The van der Waals surface area contributed by atoms with E-state index in [4.69, 9.17) is 4.43 Å². The van der Waals surface area contributed by atoms with Crippen molar-refractivity contribution in [2.75, 3.05) is 0 Å². The lowest BCUT2D eigenvalue weighted by Gasteiger charge is -2.45. The fourth-order valence-electron chi connectivity index (χ4n) is 6.19. The smallest absolute Gasteiger partial charge is 0.258 e. The standard InChI is InChI=1S/C27H43NOSi/c1-18(2)30(19(3)4,20(5)6)29-21-14-15-25(27(7,8)9)23(16-21)24-17-28-26-13-11-10-12-22(24)26/h10-13,16-20,23,25,28H,14-15H2,1-9H3/t23-,25?/m1/s1. The summed E-state index contributed by atoms with van der Waals surface area (Å²) in [6.07, 6.45) is 7.01. The number of rotatable bonds is 6. The van der Waals surface area contributed by atoms with Crippen LogP contribution in [0.3, 0.4) is 0 Å². The van der Waals surface area contributed by atoms with Gasteiger partial charge in [0.1, 0.15) is 0 Å². The van der Waals surface area contributed by atoms with E-state index in [1.54, 1.807) is 0 Å². The highest BCUT2D eigenvalue weighted by molar-refractivity contribution is 6.77. The van der Waals surface area contributed by atoms with Gasteiger partial charge in [0.2, 0.25) is 0 Å². The molecule has 0 spiro atoms. The number of fused-ring (bicyclic) bond motifs is 1. The van der Waals surface area contributed by atoms with Gasteiger partial charge in [-0.25, -0.2) is 0 Å². The molecular weight excluding hydrogens is 382 g/mol. The molecule has 0 radical (unpaired) electrons. The van der Waals surface area contributed by atoms with Gasteiger partial charge in [0.15, 0.2) is 0 Å². The van der Waals surface area contributed by atoms with Crippen LogP contribution in [0.1, 0.15) is 86.6 Å². The number of hydrogen-bond acceptors (Lipinski definition) is 1. The molecule has 0 bridgehead atoms. The number of benzene rings is 1. The molecule has 1 heterocycles. The minimum absolute atomic E-state index is 0.258. The summed E-state index contributed by atoms with van der Waals surface area (Å²) in [6, 6.07) is 8.72. The normalized spacial score (nSPS) is 21.0. The van der Waals surface area contributed by atoms with Crippen LogP contribution in [-0.4, -0.2) is 13.3 Å². The van der Waals surface area contributed by atoms with Crippen molar-refractivity contribution in [2.24, 2.45) is 11.3 Å². The number of aromatic nitrogens is 1. The van der Waals surface area contributed by atoms with Crippen LogP contribution in [0, 0.1) is 11.3 Å². The summed E-state index contributed by atoms with van der Waals surface area (Å²) >= 11 is 0. The Labute approximate surface area is 185 Å². The van der Waals surface area contributed by atoms with E-state index in [-0.39, 0.29) is 5.41 Å². The van der Waals surface area contributed by atoms with Gasteiger partial charge in [-0.1, -0.05) is 80.5 Å². The molecule has 1 aliphatic carbocycles. The molecule has 0 fully saturated rings. The van der Waals surface area contributed by atoms with Crippen LogP contribution >= 0.6 is 0 Å². The topological polar surface area (TPSA) is 25.0 Å². The maximum atomic E-state index is 7.15. The molecule has 2 atom stereocenters. The average molecular weight is 426 g/mol. The first-order chi connectivity index (χ1) is 14.0. The van der Waals surface area contributed by atoms with Gasteiger partial charge in [-0.05, 0) is 52.1 Å². The van der Waals surface area contributed by atoms with Crippen molar-refractivity contribution in [1.29, 1.82) is 0 Å². The van der Waals surface area contributed by atoms with Crippen molar-refractivity contribution in [3.05, 3.63) is 47.9 Å². The number of para-hydroxylation sites is 1. The van der Waals surface area contributed by atoms with Crippen molar-refractivity contribution in [1.82, 2.24) is 4.98 Å². The lowest BCUT2D eigenvalue weighted by atomic mass is 9.66. The van der Waals surface area contributed by atoms with Crippen LogP contribution in [-0.2, 0) is 4.43 Å². The van der Waals surface area contributed by atoms with Gasteiger partial charge in [0.05, 0.1) is 5.76 Å². The highest BCUT2D eigenvalue weighted by atomic mass is 28.4. The molecule has 1 unspecified atom stereocenters. The molecule has 3 heteroatoms. The molecule has 166 valence electrons. The first kappa shape index (κ1) is 23.2. The molecule has 0 saturated heterocycles. The van der Waals surface area contributed by atoms with E-state index in [1.807, 2.05) is 0 Å². The lowest BCUT2D eigenvalue weighted by molar-refractivity contribution is 0.182. The third kappa shape index (κ3) is 4.15.